The van der Waals surface area contributed by atoms with Crippen LogP contribution in [0.1, 0.15) is 32.1 Å². The van der Waals surface area contributed by atoms with Gasteiger partial charge in [0.1, 0.15) is 4.75 Å². The van der Waals surface area contributed by atoms with E-state index in [4.69, 9.17) is 0 Å². The molecular weight excluding hydrogens is 300 g/mol. The Bertz CT molecular complexity index is 414. The first kappa shape index (κ1) is 13.0. The highest BCUT2D eigenvalue weighted by Crippen LogP contribution is 2.45. The van der Waals surface area contributed by atoms with E-state index in [0.29, 0.717) is 0 Å². The summed E-state index contributed by atoms with van der Waals surface area (Å²) in [6.45, 7) is 0. The molecule has 0 aromatic heterocycles. The third-order valence-electron chi connectivity index (χ3n) is 3.19. The second kappa shape index (κ2) is 5.44. The van der Waals surface area contributed by atoms with Crippen LogP contribution in [0.25, 0.3) is 0 Å². The number of carboxylic acid groups (broad SMARTS) is 1. The first-order valence-corrected chi connectivity index (χ1v) is 7.42. The quantitative estimate of drug-likeness (QED) is 0.902. The third-order valence-corrected chi connectivity index (χ3v) is 5.70. The van der Waals surface area contributed by atoms with Gasteiger partial charge in [0.2, 0.25) is 0 Å². The van der Waals surface area contributed by atoms with Crippen molar-refractivity contribution in [2.24, 2.45) is 0 Å². The van der Waals surface area contributed by atoms with Crippen LogP contribution in [-0.4, -0.2) is 15.8 Å². The third kappa shape index (κ3) is 2.86. The van der Waals surface area contributed by atoms with Gasteiger partial charge in [0.15, 0.2) is 0 Å². The van der Waals surface area contributed by atoms with Crippen molar-refractivity contribution in [2.75, 3.05) is 0 Å². The number of rotatable bonds is 3. The number of benzene rings is 1. The second-order valence-corrected chi connectivity index (χ2v) is 6.67. The fourth-order valence-electron chi connectivity index (χ4n) is 2.22. The molecule has 92 valence electrons. The topological polar surface area (TPSA) is 37.3 Å². The van der Waals surface area contributed by atoms with Crippen LogP contribution in [-0.2, 0) is 4.79 Å². The van der Waals surface area contributed by atoms with Gasteiger partial charge in [0.05, 0.1) is 0 Å². The molecule has 17 heavy (non-hydrogen) atoms. The largest absolute Gasteiger partial charge is 0.480 e. The molecule has 0 amide bonds. The van der Waals surface area contributed by atoms with Crippen LogP contribution < -0.4 is 0 Å². The molecule has 0 radical (unpaired) electrons. The van der Waals surface area contributed by atoms with E-state index < -0.39 is 10.7 Å². The monoisotopic (exact) mass is 314 g/mol. The van der Waals surface area contributed by atoms with Crippen LogP contribution >= 0.6 is 27.7 Å². The molecule has 2 rings (SSSR count). The first-order chi connectivity index (χ1) is 8.14. The van der Waals surface area contributed by atoms with E-state index in [9.17, 15) is 9.90 Å². The van der Waals surface area contributed by atoms with Crippen LogP contribution in [0, 0.1) is 0 Å². The Kier molecular flexibility index (Phi) is 4.15. The summed E-state index contributed by atoms with van der Waals surface area (Å²) in [5, 5.41) is 9.50. The number of hydrogen-bond acceptors (Lipinski definition) is 2. The first-order valence-electron chi connectivity index (χ1n) is 5.81. The van der Waals surface area contributed by atoms with Crippen LogP contribution in [0.15, 0.2) is 33.6 Å². The lowest BCUT2D eigenvalue weighted by molar-refractivity contribution is -0.140. The number of halogens is 1. The molecule has 1 aliphatic carbocycles. The van der Waals surface area contributed by atoms with Gasteiger partial charge in [-0.25, -0.2) is 0 Å². The molecule has 0 aliphatic heterocycles. The lowest BCUT2D eigenvalue weighted by Gasteiger charge is -2.32. The van der Waals surface area contributed by atoms with Crippen molar-refractivity contribution in [3.05, 3.63) is 28.7 Å². The summed E-state index contributed by atoms with van der Waals surface area (Å²) in [7, 11) is 0. The van der Waals surface area contributed by atoms with Gasteiger partial charge in [-0.2, -0.15) is 0 Å². The summed E-state index contributed by atoms with van der Waals surface area (Å²) in [4.78, 5) is 12.6. The predicted molar refractivity (Wildman–Crippen MR) is 73.5 cm³/mol. The summed E-state index contributed by atoms with van der Waals surface area (Å²) < 4.78 is 0.360. The summed E-state index contributed by atoms with van der Waals surface area (Å²) in [6, 6.07) is 7.84. The molecule has 1 aromatic rings. The molecule has 1 fully saturated rings. The predicted octanol–water partition coefficient (Wildman–Crippen LogP) is 4.33. The molecule has 0 atom stereocenters. The zero-order valence-electron chi connectivity index (χ0n) is 9.49. The van der Waals surface area contributed by atoms with E-state index in [2.05, 4.69) is 15.9 Å². The van der Waals surface area contributed by atoms with Gasteiger partial charge in [0.25, 0.3) is 0 Å². The van der Waals surface area contributed by atoms with Crippen molar-refractivity contribution in [3.8, 4) is 0 Å². The summed E-state index contributed by atoms with van der Waals surface area (Å²) in [6.07, 6.45) is 4.74. The maximum Gasteiger partial charge on any atom is 0.320 e. The van der Waals surface area contributed by atoms with E-state index in [-0.39, 0.29) is 0 Å². The standard InChI is InChI=1S/C13H15BrO2S/c14-10-6-2-3-7-11(10)17-13(12(15)16)8-4-1-5-9-13/h2-3,6-7H,1,4-5,8-9H2,(H,15,16). The van der Waals surface area contributed by atoms with E-state index in [1.807, 2.05) is 24.3 Å². The summed E-state index contributed by atoms with van der Waals surface area (Å²) in [5.74, 6) is -0.669. The Balaban J connectivity index is 2.24. The highest BCUT2D eigenvalue weighted by molar-refractivity contribution is 9.10. The van der Waals surface area contributed by atoms with Crippen LogP contribution in [0.4, 0.5) is 0 Å². The van der Waals surface area contributed by atoms with E-state index in [1.54, 1.807) is 0 Å². The Hall–Kier alpha value is -0.480. The van der Waals surface area contributed by atoms with Crippen LogP contribution in [0.3, 0.4) is 0 Å². The number of hydrogen-bond donors (Lipinski definition) is 1. The Morgan fingerprint density at radius 3 is 2.47 bits per heavy atom. The lowest BCUT2D eigenvalue weighted by Crippen LogP contribution is -2.37. The maximum absolute atomic E-state index is 11.6. The minimum Gasteiger partial charge on any atom is -0.480 e. The van der Waals surface area contributed by atoms with Crippen molar-refractivity contribution >= 4 is 33.7 Å². The van der Waals surface area contributed by atoms with Gasteiger partial charge in [-0.15, -0.1) is 11.8 Å². The summed E-state index contributed by atoms with van der Waals surface area (Å²) in [5.41, 5.74) is 0. The van der Waals surface area contributed by atoms with Gasteiger partial charge in [-0.05, 0) is 40.9 Å². The SMILES string of the molecule is O=C(O)C1(Sc2ccccc2Br)CCCCC1. The lowest BCUT2D eigenvalue weighted by atomic mass is 9.88. The van der Waals surface area contributed by atoms with Crippen LogP contribution in [0.2, 0.25) is 0 Å². The minimum absolute atomic E-state index is 0.623. The fraction of sp³-hybridized carbons (Fsp3) is 0.462. The van der Waals surface area contributed by atoms with Crippen molar-refractivity contribution in [2.45, 2.75) is 41.7 Å². The summed E-state index contributed by atoms with van der Waals surface area (Å²) >= 11 is 4.98. The molecule has 1 aromatic carbocycles. The molecule has 2 nitrogen and oxygen atoms in total. The van der Waals surface area contributed by atoms with E-state index >= 15 is 0 Å². The molecule has 0 unspecified atom stereocenters. The zero-order valence-corrected chi connectivity index (χ0v) is 11.9. The molecule has 0 saturated heterocycles. The Morgan fingerprint density at radius 2 is 1.88 bits per heavy atom. The van der Waals surface area contributed by atoms with Crippen molar-refractivity contribution in [1.29, 1.82) is 0 Å². The molecule has 0 heterocycles. The van der Waals surface area contributed by atoms with E-state index in [0.717, 1.165) is 41.5 Å². The molecule has 0 spiro atoms. The maximum atomic E-state index is 11.6. The van der Waals surface area contributed by atoms with Crippen LogP contribution in [0.5, 0.6) is 0 Å². The highest BCUT2D eigenvalue weighted by Gasteiger charge is 2.40. The second-order valence-electron chi connectivity index (χ2n) is 4.39. The molecule has 1 N–H and O–H groups in total. The van der Waals surface area contributed by atoms with Gasteiger partial charge < -0.3 is 5.11 Å². The zero-order chi connectivity index (χ0) is 12.3. The van der Waals surface area contributed by atoms with Gasteiger partial charge in [-0.1, -0.05) is 31.4 Å². The average Bonchev–Trinajstić information content (AvgIpc) is 2.33. The molecule has 0 bridgehead atoms. The van der Waals surface area contributed by atoms with Gasteiger partial charge >= 0.3 is 5.97 Å². The Labute approximate surface area is 114 Å². The number of carbonyl (C=O) groups is 1. The van der Waals surface area contributed by atoms with Crippen molar-refractivity contribution in [3.63, 3.8) is 0 Å². The van der Waals surface area contributed by atoms with E-state index in [1.165, 1.54) is 11.8 Å². The normalized spacial score (nSPS) is 18.9. The number of carboxylic acids is 1. The van der Waals surface area contributed by atoms with Gasteiger partial charge in [0, 0.05) is 9.37 Å². The fourth-order valence-corrected chi connectivity index (χ4v) is 4.06. The van der Waals surface area contributed by atoms with Crippen molar-refractivity contribution in [1.82, 2.24) is 0 Å². The Morgan fingerprint density at radius 1 is 1.24 bits per heavy atom. The van der Waals surface area contributed by atoms with Crippen molar-refractivity contribution < 1.29 is 9.90 Å². The molecule has 4 heteroatoms. The average molecular weight is 315 g/mol. The molecular formula is C13H15BrO2S. The number of thioether (sulfide) groups is 1. The molecule has 1 saturated carbocycles. The minimum atomic E-state index is -0.669. The number of aliphatic carboxylic acids is 1. The molecule has 1 aliphatic rings. The van der Waals surface area contributed by atoms with Gasteiger partial charge in [-0.3, -0.25) is 4.79 Å². The smallest absolute Gasteiger partial charge is 0.320 e. The highest BCUT2D eigenvalue weighted by atomic mass is 79.9.